The number of hydrogen-bond acceptors (Lipinski definition) is 2. The van der Waals surface area contributed by atoms with Crippen LogP contribution >= 0.6 is 0 Å². The quantitative estimate of drug-likeness (QED) is 0.905. The Labute approximate surface area is 127 Å². The number of nitrogens with zero attached hydrogens (tertiary/aromatic N) is 2. The maximum atomic E-state index is 4.56. The van der Waals surface area contributed by atoms with Gasteiger partial charge in [-0.2, -0.15) is 5.10 Å². The van der Waals surface area contributed by atoms with Crippen molar-refractivity contribution in [3.63, 3.8) is 0 Å². The molecule has 112 valence electrons. The second kappa shape index (κ2) is 6.44. The molecule has 3 rings (SSSR count). The molecule has 1 aliphatic carbocycles. The maximum absolute atomic E-state index is 4.56. The van der Waals surface area contributed by atoms with E-state index >= 15 is 0 Å². The molecule has 2 unspecified atom stereocenters. The van der Waals surface area contributed by atoms with Gasteiger partial charge < -0.3 is 5.32 Å². The molecule has 0 amide bonds. The van der Waals surface area contributed by atoms with E-state index in [1.54, 1.807) is 0 Å². The Bertz CT molecular complexity index is 559. The van der Waals surface area contributed by atoms with Gasteiger partial charge in [0.1, 0.15) is 0 Å². The Balaban J connectivity index is 1.82. The van der Waals surface area contributed by atoms with Crippen LogP contribution in [0.2, 0.25) is 0 Å². The van der Waals surface area contributed by atoms with E-state index in [4.69, 9.17) is 0 Å². The summed E-state index contributed by atoms with van der Waals surface area (Å²) in [5, 5.41) is 8.17. The van der Waals surface area contributed by atoms with E-state index in [1.165, 1.54) is 30.6 Å². The van der Waals surface area contributed by atoms with Crippen molar-refractivity contribution in [3.8, 4) is 5.69 Å². The zero-order valence-electron chi connectivity index (χ0n) is 13.0. The Morgan fingerprint density at radius 1 is 1.19 bits per heavy atom. The summed E-state index contributed by atoms with van der Waals surface area (Å²) < 4.78 is 2.12. The predicted octanol–water partition coefficient (Wildman–Crippen LogP) is 3.75. The van der Waals surface area contributed by atoms with Gasteiger partial charge in [0.2, 0.25) is 0 Å². The van der Waals surface area contributed by atoms with Crippen LogP contribution in [0.3, 0.4) is 0 Å². The normalized spacial score (nSPS) is 22.0. The number of para-hydroxylation sites is 1. The molecule has 0 bridgehead atoms. The molecule has 0 radical (unpaired) electrons. The highest BCUT2D eigenvalue weighted by Crippen LogP contribution is 2.39. The Kier molecular flexibility index (Phi) is 4.39. The molecule has 0 spiro atoms. The summed E-state index contributed by atoms with van der Waals surface area (Å²) in [6.45, 7) is 5.55. The van der Waals surface area contributed by atoms with Gasteiger partial charge >= 0.3 is 0 Å². The van der Waals surface area contributed by atoms with E-state index in [9.17, 15) is 0 Å². The Morgan fingerprint density at radius 2 is 2.00 bits per heavy atom. The zero-order chi connectivity index (χ0) is 14.7. The van der Waals surface area contributed by atoms with Crippen molar-refractivity contribution in [1.29, 1.82) is 0 Å². The third kappa shape index (κ3) is 3.18. The molecule has 3 heteroatoms. The third-order valence-electron chi connectivity index (χ3n) is 4.50. The summed E-state index contributed by atoms with van der Waals surface area (Å²) in [5.74, 6) is 1.35. The molecule has 1 heterocycles. The molecule has 21 heavy (non-hydrogen) atoms. The smallest absolute Gasteiger partial charge is 0.0648 e. The standard InChI is InChI=1S/C18H25N3/c1-14(2)19-13-15-7-6-10-17(15)18-11-12-20-21(18)16-8-4-3-5-9-16/h3-5,8-9,11-12,14-15,17,19H,6-7,10,13H2,1-2H3. The molecule has 2 aromatic rings. The molecule has 1 fully saturated rings. The highest BCUT2D eigenvalue weighted by atomic mass is 15.3. The fraction of sp³-hybridized carbons (Fsp3) is 0.500. The largest absolute Gasteiger partial charge is 0.314 e. The van der Waals surface area contributed by atoms with Crippen LogP contribution < -0.4 is 5.32 Å². The van der Waals surface area contributed by atoms with E-state index in [2.05, 4.69) is 65.3 Å². The minimum Gasteiger partial charge on any atom is -0.314 e. The first-order chi connectivity index (χ1) is 10.3. The Hall–Kier alpha value is -1.61. The van der Waals surface area contributed by atoms with Crippen molar-refractivity contribution in [2.75, 3.05) is 6.54 Å². The van der Waals surface area contributed by atoms with E-state index in [0.717, 1.165) is 12.5 Å². The van der Waals surface area contributed by atoms with Crippen molar-refractivity contribution < 1.29 is 0 Å². The summed E-state index contributed by atoms with van der Waals surface area (Å²) in [7, 11) is 0. The van der Waals surface area contributed by atoms with Crippen LogP contribution in [0.4, 0.5) is 0 Å². The van der Waals surface area contributed by atoms with Crippen molar-refractivity contribution >= 4 is 0 Å². The van der Waals surface area contributed by atoms with Crippen LogP contribution in [0.15, 0.2) is 42.6 Å². The summed E-state index contributed by atoms with van der Waals surface area (Å²) in [5.41, 5.74) is 2.54. The van der Waals surface area contributed by atoms with E-state index in [1.807, 2.05) is 6.20 Å². The van der Waals surface area contributed by atoms with Crippen molar-refractivity contribution in [2.45, 2.75) is 45.1 Å². The first-order valence-corrected chi connectivity index (χ1v) is 8.08. The monoisotopic (exact) mass is 283 g/mol. The Morgan fingerprint density at radius 3 is 2.76 bits per heavy atom. The van der Waals surface area contributed by atoms with E-state index in [-0.39, 0.29) is 0 Å². The van der Waals surface area contributed by atoms with Gasteiger partial charge in [-0.1, -0.05) is 38.5 Å². The summed E-state index contributed by atoms with van der Waals surface area (Å²) in [4.78, 5) is 0. The number of nitrogens with one attached hydrogen (secondary N) is 1. The molecular weight excluding hydrogens is 258 g/mol. The summed E-state index contributed by atoms with van der Waals surface area (Å²) in [6.07, 6.45) is 5.87. The van der Waals surface area contributed by atoms with E-state index in [0.29, 0.717) is 12.0 Å². The second-order valence-corrected chi connectivity index (χ2v) is 6.36. The summed E-state index contributed by atoms with van der Waals surface area (Å²) >= 11 is 0. The van der Waals surface area contributed by atoms with Crippen molar-refractivity contribution in [2.24, 2.45) is 5.92 Å². The molecule has 1 N–H and O–H groups in total. The number of hydrogen-bond donors (Lipinski definition) is 1. The lowest BCUT2D eigenvalue weighted by Crippen LogP contribution is -2.30. The molecule has 0 aliphatic heterocycles. The highest BCUT2D eigenvalue weighted by Gasteiger charge is 2.30. The van der Waals surface area contributed by atoms with Crippen molar-refractivity contribution in [1.82, 2.24) is 15.1 Å². The first-order valence-electron chi connectivity index (χ1n) is 8.08. The van der Waals surface area contributed by atoms with Crippen LogP contribution in [0, 0.1) is 5.92 Å². The van der Waals surface area contributed by atoms with Gasteiger partial charge in [-0.25, -0.2) is 4.68 Å². The lowest BCUT2D eigenvalue weighted by atomic mass is 9.92. The van der Waals surface area contributed by atoms with Gasteiger partial charge in [0.25, 0.3) is 0 Å². The molecule has 2 atom stereocenters. The van der Waals surface area contributed by atoms with Gasteiger partial charge in [-0.05, 0) is 43.5 Å². The van der Waals surface area contributed by atoms with Crippen LogP contribution in [-0.4, -0.2) is 22.4 Å². The van der Waals surface area contributed by atoms with Gasteiger partial charge in [0.15, 0.2) is 0 Å². The van der Waals surface area contributed by atoms with Gasteiger partial charge in [0, 0.05) is 23.9 Å². The topological polar surface area (TPSA) is 29.9 Å². The van der Waals surface area contributed by atoms with Gasteiger partial charge in [0.05, 0.1) is 5.69 Å². The molecule has 0 saturated heterocycles. The zero-order valence-corrected chi connectivity index (χ0v) is 13.0. The minimum atomic E-state index is 0.560. The number of aromatic nitrogens is 2. The molecule has 1 aromatic carbocycles. The van der Waals surface area contributed by atoms with Gasteiger partial charge in [-0.15, -0.1) is 0 Å². The predicted molar refractivity (Wildman–Crippen MR) is 86.8 cm³/mol. The van der Waals surface area contributed by atoms with Crippen LogP contribution in [0.25, 0.3) is 5.69 Å². The van der Waals surface area contributed by atoms with Gasteiger partial charge in [-0.3, -0.25) is 0 Å². The average molecular weight is 283 g/mol. The molecule has 1 aromatic heterocycles. The number of benzene rings is 1. The van der Waals surface area contributed by atoms with Crippen LogP contribution in [-0.2, 0) is 0 Å². The molecule has 1 saturated carbocycles. The fourth-order valence-electron chi connectivity index (χ4n) is 3.44. The maximum Gasteiger partial charge on any atom is 0.0648 e. The lowest BCUT2D eigenvalue weighted by molar-refractivity contribution is 0.413. The van der Waals surface area contributed by atoms with Crippen LogP contribution in [0.5, 0.6) is 0 Å². The average Bonchev–Trinajstić information content (AvgIpc) is 3.14. The van der Waals surface area contributed by atoms with Crippen molar-refractivity contribution in [3.05, 3.63) is 48.3 Å². The molecule has 3 nitrogen and oxygen atoms in total. The fourth-order valence-corrected chi connectivity index (χ4v) is 3.44. The summed E-state index contributed by atoms with van der Waals surface area (Å²) in [6, 6.07) is 13.2. The molecular formula is C18H25N3. The second-order valence-electron chi connectivity index (χ2n) is 6.36. The molecule has 1 aliphatic rings. The number of rotatable bonds is 5. The third-order valence-corrected chi connectivity index (χ3v) is 4.50. The highest BCUT2D eigenvalue weighted by molar-refractivity contribution is 5.33. The minimum absolute atomic E-state index is 0.560. The lowest BCUT2D eigenvalue weighted by Gasteiger charge is -2.22. The van der Waals surface area contributed by atoms with Crippen LogP contribution in [0.1, 0.15) is 44.7 Å². The SMILES string of the molecule is CC(C)NCC1CCCC1c1ccnn1-c1ccccc1. The first kappa shape index (κ1) is 14.3. The van der Waals surface area contributed by atoms with E-state index < -0.39 is 0 Å².